The second-order valence-electron chi connectivity index (χ2n) is 25.7. The van der Waals surface area contributed by atoms with E-state index >= 15 is 0 Å². The lowest BCUT2D eigenvalue weighted by molar-refractivity contribution is -0.195. The second kappa shape index (κ2) is 26.6. The third-order valence-corrected chi connectivity index (χ3v) is 20.0. The van der Waals surface area contributed by atoms with Crippen LogP contribution in [-0.4, -0.2) is 158 Å². The number of benzene rings is 3. The first-order valence-electron chi connectivity index (χ1n) is 31.3. The minimum atomic E-state index is -1.26. The molecule has 27 heteroatoms. The summed E-state index contributed by atoms with van der Waals surface area (Å²) in [5, 5.41) is 54.5. The van der Waals surface area contributed by atoms with Gasteiger partial charge in [-0.05, 0) is 121 Å². The number of aliphatic hydroxyl groups is 1. The first kappa shape index (κ1) is 64.8. The van der Waals surface area contributed by atoms with E-state index in [0.717, 1.165) is 70.6 Å². The zero-order chi connectivity index (χ0) is 66.1. The third kappa shape index (κ3) is 13.6. The molecule has 4 saturated carbocycles. The van der Waals surface area contributed by atoms with Gasteiger partial charge in [0.2, 0.25) is 12.2 Å². The van der Waals surface area contributed by atoms with Gasteiger partial charge in [-0.3, -0.25) is 34.1 Å². The SMILES string of the molecule is Cc1c(-c2ccc(N3CCc4c(C#N)ccc(C(=O)Nc5nc6ccccc6s5)c4C3)nc2C(=O)O)cnn1CC12CC3(C)CC(OCCNC(=O)OCc4ccc(O[C@H]5C[C@@H](O)C[C@@H](C(=O)O)O5)cc4OCCOCCNC(=O)CCN4C(=O)C=CC4=O)(CC1(C)C3)C2. The largest absolute Gasteiger partial charge is 0.491 e. The standard InChI is InChI=1S/C67H72N10O16S/c1-39-47(45-12-13-53(73-58(45)61(85)86)75-20-16-44-40(29-68)9-11-46(48(44)31-75)59(82)74-62-72-49-6-4-5-7-52(49)94-62)30-71-77(39)38-66-34-64(2)33-65(66,3)36-67(35-64,37-66)91-23-19-70-63(87)90-32-41-8-10-43(92-57-27-42(78)26-51(93-57)60(83)84)28-50(41)89-25-24-88-22-18-69-54(79)17-21-76-55(80)14-15-56(76)81/h4-15,28,30,42,51,57,78H,16-27,31-38H2,1-3H3,(H,69,79)(H,70,87)(H,83,84)(H,85,86)(H,72,74,82)/t42-,51-,57+,64?,65?,66?,67?/m0/s1. The number of carbonyl (C=O) groups is 7. The Hall–Kier alpha value is -9.33. The molecule has 5 amide bonds. The molecule has 4 aliphatic carbocycles. The number of aliphatic carboxylic acids is 1. The molecule has 3 aromatic heterocycles. The molecule has 4 bridgehead atoms. The summed E-state index contributed by atoms with van der Waals surface area (Å²) in [7, 11) is 0. The van der Waals surface area contributed by atoms with E-state index < -0.39 is 53.9 Å². The molecule has 0 spiro atoms. The van der Waals surface area contributed by atoms with E-state index in [1.54, 1.807) is 42.6 Å². The number of aromatic nitrogens is 4. The Bertz CT molecular complexity index is 4020. The number of carboxylic acids is 2. The van der Waals surface area contributed by atoms with Gasteiger partial charge in [-0.1, -0.05) is 37.3 Å². The van der Waals surface area contributed by atoms with E-state index in [0.29, 0.717) is 63.8 Å². The molecule has 0 radical (unpaired) electrons. The van der Waals surface area contributed by atoms with Gasteiger partial charge in [0.15, 0.2) is 16.9 Å². The number of aromatic carboxylic acids is 1. The van der Waals surface area contributed by atoms with Crippen molar-refractivity contribution in [2.45, 2.75) is 122 Å². The maximum absolute atomic E-state index is 13.9. The summed E-state index contributed by atoms with van der Waals surface area (Å²) in [4.78, 5) is 100. The number of amides is 5. The fraction of sp³-hybridized carbons (Fsp3) is 0.448. The van der Waals surface area contributed by atoms with E-state index in [1.165, 1.54) is 17.4 Å². The number of nitrogens with one attached hydrogen (secondary N) is 3. The van der Waals surface area contributed by atoms with Crippen molar-refractivity contribution in [2.24, 2.45) is 16.2 Å². The van der Waals surface area contributed by atoms with Crippen LogP contribution in [0.25, 0.3) is 21.3 Å². The average Bonchev–Trinajstić information content (AvgIpc) is 1.50. The van der Waals surface area contributed by atoms with Crippen LogP contribution in [0.4, 0.5) is 15.7 Å². The molecule has 3 aromatic carbocycles. The molecular weight excluding hydrogens is 1230 g/mol. The Morgan fingerprint density at radius 1 is 0.872 bits per heavy atom. The minimum Gasteiger partial charge on any atom is -0.491 e. The molecule has 7 aliphatic rings. The number of fused-ring (bicyclic) bond motifs is 2. The molecule has 4 unspecified atom stereocenters. The third-order valence-electron chi connectivity index (χ3n) is 19.0. The lowest BCUT2D eigenvalue weighted by Gasteiger charge is -2.46. The zero-order valence-electron chi connectivity index (χ0n) is 52.1. The van der Waals surface area contributed by atoms with Crippen LogP contribution in [0, 0.1) is 34.5 Å². The van der Waals surface area contributed by atoms with Crippen LogP contribution in [0.3, 0.4) is 0 Å². The van der Waals surface area contributed by atoms with Gasteiger partial charge < -0.3 is 59.3 Å². The number of aliphatic hydroxyl groups excluding tert-OH is 1. The van der Waals surface area contributed by atoms with Crippen molar-refractivity contribution in [1.82, 2.24) is 35.3 Å². The minimum absolute atomic E-state index is 0.0145. The molecule has 13 rings (SSSR count). The van der Waals surface area contributed by atoms with E-state index in [-0.39, 0.29) is 124 Å². The number of alkyl carbamates (subject to hydrolysis) is 1. The number of para-hydroxylation sites is 1. The predicted octanol–water partition coefficient (Wildman–Crippen LogP) is 7.08. The van der Waals surface area contributed by atoms with Gasteiger partial charge in [0.1, 0.15) is 30.5 Å². The van der Waals surface area contributed by atoms with E-state index in [1.807, 2.05) is 40.8 Å². The molecule has 492 valence electrons. The van der Waals surface area contributed by atoms with E-state index in [2.05, 4.69) is 40.9 Å². The predicted molar refractivity (Wildman–Crippen MR) is 338 cm³/mol. The van der Waals surface area contributed by atoms with Gasteiger partial charge in [-0.2, -0.15) is 10.4 Å². The number of hydrogen-bond donors (Lipinski definition) is 6. The number of anilines is 2. The second-order valence-corrected chi connectivity index (χ2v) is 26.7. The summed E-state index contributed by atoms with van der Waals surface area (Å²) < 4.78 is 38.7. The summed E-state index contributed by atoms with van der Waals surface area (Å²) in [6, 6.07) is 21.5. The Kier molecular flexibility index (Phi) is 18.3. The van der Waals surface area contributed by atoms with Gasteiger partial charge >= 0.3 is 18.0 Å². The number of ether oxygens (including phenoxy) is 6. The van der Waals surface area contributed by atoms with Crippen molar-refractivity contribution >= 4 is 74.2 Å². The quantitative estimate of drug-likeness (QED) is 0.0233. The number of imide groups is 1. The van der Waals surface area contributed by atoms with Crippen LogP contribution in [0.5, 0.6) is 11.5 Å². The number of nitrogens with zero attached hydrogens (tertiary/aromatic N) is 7. The molecule has 94 heavy (non-hydrogen) atoms. The van der Waals surface area contributed by atoms with Gasteiger partial charge in [0.25, 0.3) is 17.7 Å². The number of carboxylic acid groups (broad SMARTS) is 2. The summed E-state index contributed by atoms with van der Waals surface area (Å²) in [6.07, 6.45) is 4.74. The van der Waals surface area contributed by atoms with Crippen molar-refractivity contribution in [3.63, 3.8) is 0 Å². The highest BCUT2D eigenvalue weighted by molar-refractivity contribution is 7.22. The van der Waals surface area contributed by atoms with Gasteiger partial charge in [0, 0.05) is 105 Å². The van der Waals surface area contributed by atoms with Crippen molar-refractivity contribution < 1.29 is 77.3 Å². The summed E-state index contributed by atoms with van der Waals surface area (Å²) in [5.74, 6) is -3.18. The van der Waals surface area contributed by atoms with Gasteiger partial charge in [-0.15, -0.1) is 0 Å². The van der Waals surface area contributed by atoms with Crippen molar-refractivity contribution in [3.8, 4) is 28.7 Å². The Morgan fingerprint density at radius 3 is 2.47 bits per heavy atom. The van der Waals surface area contributed by atoms with Gasteiger partial charge in [0.05, 0.1) is 59.6 Å². The van der Waals surface area contributed by atoms with Crippen LogP contribution in [-0.2, 0) is 64.2 Å². The number of carbonyl (C=O) groups excluding carboxylic acids is 5. The molecule has 3 aliphatic heterocycles. The highest BCUT2D eigenvalue weighted by Gasteiger charge is 2.73. The first-order valence-corrected chi connectivity index (χ1v) is 32.1. The smallest absolute Gasteiger partial charge is 0.407 e. The van der Waals surface area contributed by atoms with Crippen LogP contribution in [0.1, 0.15) is 114 Å². The zero-order valence-corrected chi connectivity index (χ0v) is 53.0. The van der Waals surface area contributed by atoms with Crippen molar-refractivity contribution in [1.29, 1.82) is 5.26 Å². The fourth-order valence-electron chi connectivity index (χ4n) is 15.3. The van der Waals surface area contributed by atoms with Gasteiger partial charge in [-0.25, -0.2) is 24.4 Å². The summed E-state index contributed by atoms with van der Waals surface area (Å²) >= 11 is 1.37. The number of pyridine rings is 1. The molecule has 6 N–H and O–H groups in total. The molecular formula is C67H72N10O16S. The molecule has 1 saturated heterocycles. The summed E-state index contributed by atoms with van der Waals surface area (Å²) in [6.45, 7) is 8.36. The number of nitriles is 1. The topological polar surface area (TPSA) is 346 Å². The molecule has 6 heterocycles. The van der Waals surface area contributed by atoms with Crippen LogP contribution in [0.2, 0.25) is 0 Å². The van der Waals surface area contributed by atoms with Crippen LogP contribution >= 0.6 is 11.3 Å². The Labute approximate surface area is 544 Å². The van der Waals surface area contributed by atoms with Crippen LogP contribution in [0.15, 0.2) is 85.1 Å². The first-order chi connectivity index (χ1) is 45.1. The highest BCUT2D eigenvalue weighted by atomic mass is 32.1. The lowest BCUT2D eigenvalue weighted by Crippen LogP contribution is -2.45. The van der Waals surface area contributed by atoms with Crippen molar-refractivity contribution in [2.75, 3.05) is 62.8 Å². The lowest BCUT2D eigenvalue weighted by atomic mass is 9.65. The summed E-state index contributed by atoms with van der Waals surface area (Å²) in [5.41, 5.74) is 4.48. The maximum atomic E-state index is 13.9. The molecule has 6 aromatic rings. The van der Waals surface area contributed by atoms with E-state index in [4.69, 9.17) is 38.5 Å². The molecule has 5 fully saturated rings. The monoisotopic (exact) mass is 1300 g/mol. The Balaban J connectivity index is 0.652. The number of thiazole rings is 1. The van der Waals surface area contributed by atoms with Crippen molar-refractivity contribution in [3.05, 3.63) is 124 Å². The maximum Gasteiger partial charge on any atom is 0.407 e. The van der Waals surface area contributed by atoms with E-state index in [9.17, 15) is 54.1 Å². The number of hydrogen-bond acceptors (Lipinski definition) is 20. The highest BCUT2D eigenvalue weighted by Crippen LogP contribution is 2.78. The molecule has 26 nitrogen and oxygen atoms in total. The average molecular weight is 1310 g/mol. The van der Waals surface area contributed by atoms with Crippen LogP contribution < -0.4 is 30.3 Å². The molecule has 7 atom stereocenters. The fourth-order valence-corrected chi connectivity index (χ4v) is 16.2. The Morgan fingerprint density at radius 2 is 1.68 bits per heavy atom. The normalized spacial score (nSPS) is 24.1. The number of rotatable bonds is 26.